The minimum absolute atomic E-state index is 0.0229. The zero-order valence-electron chi connectivity index (χ0n) is 16.0. The normalized spacial score (nSPS) is 19.7. The molecule has 0 bridgehead atoms. The molecule has 26 heavy (non-hydrogen) atoms. The second kappa shape index (κ2) is 7.49. The van der Waals surface area contributed by atoms with Crippen molar-refractivity contribution in [1.29, 1.82) is 0 Å². The molecule has 0 saturated carbocycles. The van der Waals surface area contributed by atoms with E-state index in [0.29, 0.717) is 44.7 Å². The van der Waals surface area contributed by atoms with E-state index in [1.165, 1.54) is 5.56 Å². The molecule has 0 N–H and O–H groups in total. The molecule has 1 aromatic rings. The molecule has 2 heterocycles. The van der Waals surface area contributed by atoms with Crippen LogP contribution in [0.4, 0.5) is 0 Å². The summed E-state index contributed by atoms with van der Waals surface area (Å²) >= 11 is 0. The van der Waals surface area contributed by atoms with Crippen LogP contribution in [-0.4, -0.2) is 48.7 Å². The largest absolute Gasteiger partial charge is 0.347 e. The molecule has 2 saturated heterocycles. The number of ketones is 1. The zero-order chi connectivity index (χ0) is 18.8. The van der Waals surface area contributed by atoms with Crippen LogP contribution >= 0.6 is 0 Å². The third-order valence-electron chi connectivity index (χ3n) is 5.33. The molecule has 5 nitrogen and oxygen atoms in total. The van der Waals surface area contributed by atoms with Crippen LogP contribution in [0.25, 0.3) is 0 Å². The molecule has 0 atom stereocenters. The molecule has 142 valence electrons. The van der Waals surface area contributed by atoms with E-state index in [4.69, 9.17) is 9.47 Å². The first kappa shape index (κ1) is 19.1. The lowest BCUT2D eigenvalue weighted by Gasteiger charge is -2.37. The summed E-state index contributed by atoms with van der Waals surface area (Å²) in [5.41, 5.74) is 1.94. The molecule has 1 amide bonds. The quantitative estimate of drug-likeness (QED) is 0.774. The molecule has 2 aliphatic heterocycles. The van der Waals surface area contributed by atoms with Crippen LogP contribution in [0.15, 0.2) is 24.3 Å². The van der Waals surface area contributed by atoms with E-state index in [-0.39, 0.29) is 29.9 Å². The van der Waals surface area contributed by atoms with Crippen molar-refractivity contribution in [2.45, 2.75) is 57.7 Å². The first-order chi connectivity index (χ1) is 12.3. The maximum Gasteiger partial charge on any atom is 0.223 e. The summed E-state index contributed by atoms with van der Waals surface area (Å²) in [6, 6.07) is 7.74. The number of amides is 1. The highest BCUT2D eigenvalue weighted by Crippen LogP contribution is 2.31. The van der Waals surface area contributed by atoms with Crippen molar-refractivity contribution in [3.8, 4) is 0 Å². The van der Waals surface area contributed by atoms with Gasteiger partial charge in [-0.2, -0.15) is 0 Å². The van der Waals surface area contributed by atoms with Crippen molar-refractivity contribution in [3.05, 3.63) is 35.4 Å². The number of hydrogen-bond donors (Lipinski definition) is 0. The summed E-state index contributed by atoms with van der Waals surface area (Å²) in [7, 11) is 0. The average molecular weight is 359 g/mol. The predicted octanol–water partition coefficient (Wildman–Crippen LogP) is 3.31. The number of nitrogens with zero attached hydrogens (tertiary/aromatic N) is 1. The van der Waals surface area contributed by atoms with Gasteiger partial charge < -0.3 is 14.4 Å². The van der Waals surface area contributed by atoms with Crippen molar-refractivity contribution < 1.29 is 19.1 Å². The van der Waals surface area contributed by atoms with Gasteiger partial charge in [0.25, 0.3) is 0 Å². The number of hydrogen-bond acceptors (Lipinski definition) is 4. The Labute approximate surface area is 155 Å². The Kier molecular flexibility index (Phi) is 5.49. The molecular weight excluding hydrogens is 330 g/mol. The standard InChI is InChI=1S/C21H29NO4/c1-20(2,3)17-6-4-16(5-7-17)18(23)8-9-19(24)22-12-10-21(11-13-22)25-14-15-26-21/h4-7H,8-15H2,1-3H3. The highest BCUT2D eigenvalue weighted by Gasteiger charge is 2.40. The van der Waals surface area contributed by atoms with Gasteiger partial charge in [-0.1, -0.05) is 45.0 Å². The van der Waals surface area contributed by atoms with Gasteiger partial charge in [-0.15, -0.1) is 0 Å². The fourth-order valence-electron chi connectivity index (χ4n) is 3.56. The fraction of sp³-hybridized carbons (Fsp3) is 0.619. The van der Waals surface area contributed by atoms with Crippen LogP contribution in [0.2, 0.25) is 0 Å². The number of benzene rings is 1. The molecule has 5 heteroatoms. The fourth-order valence-corrected chi connectivity index (χ4v) is 3.56. The summed E-state index contributed by atoms with van der Waals surface area (Å²) in [6.45, 7) is 8.97. The van der Waals surface area contributed by atoms with Gasteiger partial charge in [0, 0.05) is 44.3 Å². The molecule has 1 aromatic carbocycles. The van der Waals surface area contributed by atoms with Crippen molar-refractivity contribution >= 4 is 11.7 Å². The summed E-state index contributed by atoms with van der Waals surface area (Å²) < 4.78 is 11.4. The van der Waals surface area contributed by atoms with Crippen LogP contribution in [0.1, 0.15) is 62.4 Å². The Bertz CT molecular complexity index is 644. The van der Waals surface area contributed by atoms with Crippen molar-refractivity contribution in [3.63, 3.8) is 0 Å². The number of ether oxygens (including phenoxy) is 2. The summed E-state index contributed by atoms with van der Waals surface area (Å²) in [6.07, 6.45) is 1.93. The monoisotopic (exact) mass is 359 g/mol. The van der Waals surface area contributed by atoms with Crippen LogP contribution in [0.5, 0.6) is 0 Å². The summed E-state index contributed by atoms with van der Waals surface area (Å²) in [4.78, 5) is 26.6. The lowest BCUT2D eigenvalue weighted by molar-refractivity contribution is -0.187. The zero-order valence-corrected chi connectivity index (χ0v) is 16.0. The van der Waals surface area contributed by atoms with Crippen molar-refractivity contribution in [2.75, 3.05) is 26.3 Å². The van der Waals surface area contributed by atoms with E-state index in [1.54, 1.807) is 0 Å². The highest BCUT2D eigenvalue weighted by molar-refractivity contribution is 5.98. The molecule has 2 fully saturated rings. The van der Waals surface area contributed by atoms with Gasteiger partial charge in [0.05, 0.1) is 13.2 Å². The number of carbonyl (C=O) groups is 2. The van der Waals surface area contributed by atoms with Crippen LogP contribution in [0.3, 0.4) is 0 Å². The lowest BCUT2D eigenvalue weighted by atomic mass is 9.86. The van der Waals surface area contributed by atoms with Gasteiger partial charge in [-0.3, -0.25) is 9.59 Å². The Morgan fingerprint density at radius 2 is 1.58 bits per heavy atom. The maximum absolute atomic E-state index is 12.4. The summed E-state index contributed by atoms with van der Waals surface area (Å²) in [5.74, 6) is -0.409. The maximum atomic E-state index is 12.4. The van der Waals surface area contributed by atoms with E-state index in [1.807, 2.05) is 29.2 Å². The Balaban J connectivity index is 1.47. The number of carbonyl (C=O) groups excluding carboxylic acids is 2. The molecule has 0 aromatic heterocycles. The summed E-state index contributed by atoms with van der Waals surface area (Å²) in [5, 5.41) is 0. The number of piperidine rings is 1. The van der Waals surface area contributed by atoms with Gasteiger partial charge >= 0.3 is 0 Å². The molecule has 0 radical (unpaired) electrons. The van der Waals surface area contributed by atoms with E-state index < -0.39 is 5.79 Å². The minimum atomic E-state index is -0.471. The Hall–Kier alpha value is -1.72. The second-order valence-electron chi connectivity index (χ2n) is 8.24. The second-order valence-corrected chi connectivity index (χ2v) is 8.24. The van der Waals surface area contributed by atoms with Gasteiger partial charge in [-0.25, -0.2) is 0 Å². The first-order valence-corrected chi connectivity index (χ1v) is 9.49. The SMILES string of the molecule is CC(C)(C)c1ccc(C(=O)CCC(=O)N2CCC3(CC2)OCCO3)cc1. The molecule has 3 rings (SSSR count). The predicted molar refractivity (Wildman–Crippen MR) is 99.2 cm³/mol. The van der Waals surface area contributed by atoms with E-state index in [9.17, 15) is 9.59 Å². The van der Waals surface area contributed by atoms with Gasteiger partial charge in [-0.05, 0) is 11.0 Å². The van der Waals surface area contributed by atoms with Crippen LogP contribution in [0, 0.1) is 0 Å². The third kappa shape index (κ3) is 4.33. The topological polar surface area (TPSA) is 55.8 Å². The van der Waals surface area contributed by atoms with Crippen molar-refractivity contribution in [1.82, 2.24) is 4.90 Å². The smallest absolute Gasteiger partial charge is 0.223 e. The minimum Gasteiger partial charge on any atom is -0.347 e. The van der Waals surface area contributed by atoms with E-state index in [0.717, 1.165) is 0 Å². The van der Waals surface area contributed by atoms with Crippen LogP contribution in [-0.2, 0) is 19.7 Å². The number of likely N-dealkylation sites (tertiary alicyclic amines) is 1. The Morgan fingerprint density at radius 1 is 1.00 bits per heavy atom. The molecule has 2 aliphatic rings. The number of Topliss-reactive ketones (excluding diaryl/α,β-unsaturated/α-hetero) is 1. The van der Waals surface area contributed by atoms with Gasteiger partial charge in [0.15, 0.2) is 11.6 Å². The average Bonchev–Trinajstić information content (AvgIpc) is 3.07. The van der Waals surface area contributed by atoms with E-state index >= 15 is 0 Å². The highest BCUT2D eigenvalue weighted by atomic mass is 16.7. The third-order valence-corrected chi connectivity index (χ3v) is 5.33. The van der Waals surface area contributed by atoms with Gasteiger partial charge in [0.1, 0.15) is 0 Å². The van der Waals surface area contributed by atoms with Crippen LogP contribution < -0.4 is 0 Å². The number of rotatable bonds is 4. The molecule has 0 aliphatic carbocycles. The van der Waals surface area contributed by atoms with Crippen molar-refractivity contribution in [2.24, 2.45) is 0 Å². The Morgan fingerprint density at radius 3 is 2.12 bits per heavy atom. The first-order valence-electron chi connectivity index (χ1n) is 9.49. The van der Waals surface area contributed by atoms with Gasteiger partial charge in [0.2, 0.25) is 5.91 Å². The molecule has 0 unspecified atom stereocenters. The molecular formula is C21H29NO4. The van der Waals surface area contributed by atoms with E-state index in [2.05, 4.69) is 20.8 Å². The lowest BCUT2D eigenvalue weighted by Crippen LogP contribution is -2.47. The molecule has 1 spiro atoms.